The van der Waals surface area contributed by atoms with E-state index in [1.165, 1.54) is 6.08 Å². The van der Waals surface area contributed by atoms with Crippen LogP contribution >= 0.6 is 0 Å². The highest BCUT2D eigenvalue weighted by Gasteiger charge is 2.41. The van der Waals surface area contributed by atoms with Crippen molar-refractivity contribution in [2.24, 2.45) is 17.8 Å². The fourth-order valence-corrected chi connectivity index (χ4v) is 2.60. The highest BCUT2D eigenvalue weighted by atomic mass is 16.4. The third-order valence-corrected chi connectivity index (χ3v) is 3.91. The van der Waals surface area contributed by atoms with Gasteiger partial charge in [0.2, 0.25) is 0 Å². The first kappa shape index (κ1) is 17.9. The van der Waals surface area contributed by atoms with Gasteiger partial charge in [0.15, 0.2) is 0 Å². The van der Waals surface area contributed by atoms with Crippen molar-refractivity contribution < 1.29 is 29.7 Å². The van der Waals surface area contributed by atoms with Gasteiger partial charge in [-0.2, -0.15) is 0 Å². The maximum atomic E-state index is 11.2. The molecule has 0 aliphatic carbocycles. The number of carboxylic acids is 3. The van der Waals surface area contributed by atoms with E-state index in [4.69, 9.17) is 15.3 Å². The van der Waals surface area contributed by atoms with Crippen LogP contribution in [0.1, 0.15) is 20.3 Å². The molecule has 0 bridgehead atoms. The van der Waals surface area contributed by atoms with Gasteiger partial charge in [0.1, 0.15) is 6.04 Å². The molecule has 7 heteroatoms. The van der Waals surface area contributed by atoms with Crippen molar-refractivity contribution >= 4 is 17.9 Å². The van der Waals surface area contributed by atoms with Crippen LogP contribution < -0.4 is 5.32 Å². The second-order valence-electron chi connectivity index (χ2n) is 5.51. The molecule has 0 amide bonds. The number of allylic oxidation sites excluding steroid dienone is 2. The quantitative estimate of drug-likeness (QED) is 0.516. The molecule has 0 saturated carbocycles. The Labute approximate surface area is 128 Å². The third kappa shape index (κ3) is 4.70. The van der Waals surface area contributed by atoms with Crippen LogP contribution in [-0.4, -0.2) is 45.8 Å². The van der Waals surface area contributed by atoms with Crippen LogP contribution in [0, 0.1) is 17.8 Å². The molecule has 2 unspecified atom stereocenters. The van der Waals surface area contributed by atoms with E-state index in [0.717, 1.165) is 5.57 Å². The maximum absolute atomic E-state index is 11.2. The Morgan fingerprint density at radius 3 is 2.41 bits per heavy atom. The largest absolute Gasteiger partial charge is 0.481 e. The smallest absolute Gasteiger partial charge is 0.321 e. The van der Waals surface area contributed by atoms with E-state index in [1.54, 1.807) is 26.0 Å². The molecule has 0 aromatic rings. The van der Waals surface area contributed by atoms with Gasteiger partial charge in [-0.25, -0.2) is 0 Å². The van der Waals surface area contributed by atoms with Crippen molar-refractivity contribution in [3.05, 3.63) is 23.8 Å². The van der Waals surface area contributed by atoms with Crippen LogP contribution in [0.5, 0.6) is 0 Å². The Balaban J connectivity index is 2.85. The molecule has 0 radical (unpaired) electrons. The second kappa shape index (κ2) is 7.74. The van der Waals surface area contributed by atoms with Crippen molar-refractivity contribution in [1.82, 2.24) is 5.32 Å². The van der Waals surface area contributed by atoms with Gasteiger partial charge in [-0.1, -0.05) is 23.8 Å². The fourth-order valence-electron chi connectivity index (χ4n) is 2.60. The summed E-state index contributed by atoms with van der Waals surface area (Å²) in [6.07, 6.45) is 4.62. The van der Waals surface area contributed by atoms with E-state index in [0.29, 0.717) is 6.54 Å². The van der Waals surface area contributed by atoms with Crippen molar-refractivity contribution in [2.45, 2.75) is 26.3 Å². The van der Waals surface area contributed by atoms with E-state index in [9.17, 15) is 14.4 Å². The third-order valence-electron chi connectivity index (χ3n) is 3.91. The van der Waals surface area contributed by atoms with Crippen molar-refractivity contribution in [1.29, 1.82) is 0 Å². The summed E-state index contributed by atoms with van der Waals surface area (Å²) < 4.78 is 0. The van der Waals surface area contributed by atoms with E-state index >= 15 is 0 Å². The summed E-state index contributed by atoms with van der Waals surface area (Å²) in [4.78, 5) is 32.8. The zero-order valence-corrected chi connectivity index (χ0v) is 12.5. The van der Waals surface area contributed by atoms with Gasteiger partial charge in [0.05, 0.1) is 12.3 Å². The number of hydrogen-bond acceptors (Lipinski definition) is 4. The molecular weight excluding hydrogens is 290 g/mol. The average Bonchev–Trinajstić information content (AvgIpc) is 2.81. The lowest BCUT2D eigenvalue weighted by Gasteiger charge is -2.20. The second-order valence-corrected chi connectivity index (χ2v) is 5.51. The van der Waals surface area contributed by atoms with Crippen LogP contribution in [0.3, 0.4) is 0 Å². The van der Waals surface area contributed by atoms with Gasteiger partial charge < -0.3 is 20.6 Å². The summed E-state index contributed by atoms with van der Waals surface area (Å²) in [5.74, 6) is -4.38. The minimum atomic E-state index is -1.06. The van der Waals surface area contributed by atoms with Crippen LogP contribution in [0.15, 0.2) is 23.8 Å². The van der Waals surface area contributed by atoms with Crippen LogP contribution in [0.4, 0.5) is 0 Å². The van der Waals surface area contributed by atoms with Gasteiger partial charge in [0, 0.05) is 12.5 Å². The van der Waals surface area contributed by atoms with Gasteiger partial charge in [-0.3, -0.25) is 14.4 Å². The van der Waals surface area contributed by atoms with Crippen LogP contribution in [-0.2, 0) is 14.4 Å². The lowest BCUT2D eigenvalue weighted by Crippen LogP contribution is -2.36. The molecule has 0 spiro atoms. The Bertz CT molecular complexity index is 510. The number of carboxylic acid groups (broad SMARTS) is 3. The lowest BCUT2D eigenvalue weighted by atomic mass is 9.83. The molecule has 0 aromatic heterocycles. The molecule has 122 valence electrons. The molecule has 1 heterocycles. The summed E-state index contributed by atoms with van der Waals surface area (Å²) in [7, 11) is 0. The minimum absolute atomic E-state index is 0.206. The molecule has 1 aliphatic rings. The fraction of sp³-hybridized carbons (Fsp3) is 0.533. The summed E-state index contributed by atoms with van der Waals surface area (Å²) >= 11 is 0. The van der Waals surface area contributed by atoms with Gasteiger partial charge >= 0.3 is 17.9 Å². The van der Waals surface area contributed by atoms with Gasteiger partial charge in [-0.15, -0.1) is 0 Å². The predicted molar refractivity (Wildman–Crippen MR) is 78.4 cm³/mol. The molecule has 1 aliphatic heterocycles. The van der Waals surface area contributed by atoms with Crippen LogP contribution in [0.25, 0.3) is 0 Å². The monoisotopic (exact) mass is 311 g/mol. The Morgan fingerprint density at radius 2 is 1.91 bits per heavy atom. The Morgan fingerprint density at radius 1 is 1.27 bits per heavy atom. The normalized spacial score (nSPS) is 27.0. The van der Waals surface area contributed by atoms with E-state index in [1.807, 2.05) is 0 Å². The first-order valence-corrected chi connectivity index (χ1v) is 6.99. The van der Waals surface area contributed by atoms with E-state index in [-0.39, 0.29) is 12.3 Å². The van der Waals surface area contributed by atoms with E-state index < -0.39 is 35.8 Å². The van der Waals surface area contributed by atoms with Crippen LogP contribution in [0.2, 0.25) is 0 Å². The Hall–Kier alpha value is -2.15. The average molecular weight is 311 g/mol. The lowest BCUT2D eigenvalue weighted by molar-refractivity contribution is -0.142. The summed E-state index contributed by atoms with van der Waals surface area (Å²) in [6, 6.07) is -0.883. The SMILES string of the molecule is C/C(=C/C=C/C(C)C(=O)O)C1CN[C@H](C(=O)O)[C@H]1CC(=O)O. The first-order chi connectivity index (χ1) is 10.2. The highest BCUT2D eigenvalue weighted by Crippen LogP contribution is 2.31. The summed E-state index contributed by atoms with van der Waals surface area (Å²) in [6.45, 7) is 3.73. The van der Waals surface area contributed by atoms with E-state index in [2.05, 4.69) is 5.32 Å². The van der Waals surface area contributed by atoms with Crippen molar-refractivity contribution in [3.63, 3.8) is 0 Å². The number of hydrogen-bond donors (Lipinski definition) is 4. The number of rotatable bonds is 7. The number of carbonyl (C=O) groups is 3. The molecule has 4 N–H and O–H groups in total. The molecule has 1 fully saturated rings. The molecule has 1 rings (SSSR count). The van der Waals surface area contributed by atoms with Gasteiger partial charge in [0.25, 0.3) is 0 Å². The molecule has 4 atom stereocenters. The maximum Gasteiger partial charge on any atom is 0.321 e. The number of nitrogens with one attached hydrogen (secondary N) is 1. The van der Waals surface area contributed by atoms with Crippen molar-refractivity contribution in [3.8, 4) is 0 Å². The highest BCUT2D eigenvalue weighted by molar-refractivity contribution is 5.76. The molecule has 1 saturated heterocycles. The minimum Gasteiger partial charge on any atom is -0.481 e. The molecule has 7 nitrogen and oxygen atoms in total. The predicted octanol–water partition coefficient (Wildman–Crippen LogP) is 0.973. The number of aliphatic carboxylic acids is 3. The Kier molecular flexibility index (Phi) is 6.30. The summed E-state index contributed by atoms with van der Waals surface area (Å²) in [5.41, 5.74) is 0.830. The molecule has 22 heavy (non-hydrogen) atoms. The van der Waals surface area contributed by atoms with Crippen molar-refractivity contribution in [2.75, 3.05) is 6.54 Å². The standard InChI is InChI=1S/C15H21NO6/c1-8(4-3-5-9(2)14(19)20)11-7-16-13(15(21)22)10(11)6-12(17)18/h3-5,9-11,13,16H,6-7H2,1-2H3,(H,17,18)(H,19,20)(H,21,22)/b5-3+,8-4-/t9?,10-,11?,13-/m0/s1. The first-order valence-electron chi connectivity index (χ1n) is 6.99. The zero-order chi connectivity index (χ0) is 16.9. The molecular formula is C15H21NO6. The topological polar surface area (TPSA) is 124 Å². The zero-order valence-electron chi connectivity index (χ0n) is 12.5. The van der Waals surface area contributed by atoms with Gasteiger partial charge in [-0.05, 0) is 19.8 Å². The summed E-state index contributed by atoms with van der Waals surface area (Å²) in [5, 5.41) is 29.7. The molecule has 0 aromatic carbocycles.